The van der Waals surface area contributed by atoms with E-state index >= 15 is 0 Å². The zero-order valence-corrected chi connectivity index (χ0v) is 8.58. The Morgan fingerprint density at radius 2 is 1.77 bits per heavy atom. The Labute approximate surface area is 80.0 Å². The topological polar surface area (TPSA) is 40.5 Å². The summed E-state index contributed by atoms with van der Waals surface area (Å²) in [7, 11) is 0. The number of aliphatic hydroxyl groups is 2. The van der Waals surface area contributed by atoms with Crippen LogP contribution in [0.2, 0.25) is 0 Å². The molecule has 76 valence electrons. The molecular weight excluding hydrogens is 164 g/mol. The molecule has 0 amide bonds. The number of hydrogen-bond acceptors (Lipinski definition) is 2. The van der Waals surface area contributed by atoms with E-state index in [-0.39, 0.29) is 23.0 Å². The Hall–Kier alpha value is -0.0800. The minimum Gasteiger partial charge on any atom is -0.392 e. The highest BCUT2D eigenvalue weighted by Gasteiger charge is 2.54. The Bertz CT molecular complexity index is 216. The van der Waals surface area contributed by atoms with E-state index in [0.29, 0.717) is 0 Å². The second-order valence-corrected chi connectivity index (χ2v) is 5.47. The molecule has 2 rings (SSSR count). The molecule has 2 nitrogen and oxygen atoms in total. The molecule has 0 saturated heterocycles. The number of rotatable bonds is 0. The molecule has 2 aliphatic carbocycles. The molecule has 2 fully saturated rings. The predicted octanol–water partition coefficient (Wildman–Crippen LogP) is 1.70. The van der Waals surface area contributed by atoms with E-state index in [4.69, 9.17) is 0 Å². The Morgan fingerprint density at radius 3 is 2.38 bits per heavy atom. The first kappa shape index (κ1) is 9.47. The van der Waals surface area contributed by atoms with Crippen LogP contribution in [-0.4, -0.2) is 22.4 Å². The molecule has 0 unspecified atom stereocenters. The molecule has 0 heterocycles. The summed E-state index contributed by atoms with van der Waals surface area (Å²) < 4.78 is 0. The van der Waals surface area contributed by atoms with Gasteiger partial charge in [0.15, 0.2) is 0 Å². The molecule has 13 heavy (non-hydrogen) atoms. The number of hydrogen-bond donors (Lipinski definition) is 2. The van der Waals surface area contributed by atoms with Crippen molar-refractivity contribution < 1.29 is 10.2 Å². The van der Waals surface area contributed by atoms with Crippen LogP contribution in [0.15, 0.2) is 0 Å². The fraction of sp³-hybridized carbons (Fsp3) is 1.00. The van der Waals surface area contributed by atoms with Crippen molar-refractivity contribution in [3.05, 3.63) is 0 Å². The molecule has 2 N–H and O–H groups in total. The molecule has 0 aromatic heterocycles. The summed E-state index contributed by atoms with van der Waals surface area (Å²) in [6.07, 6.45) is 4.49. The lowest BCUT2D eigenvalue weighted by molar-refractivity contribution is -0.179. The molecule has 2 saturated carbocycles. The molecule has 0 radical (unpaired) electrons. The van der Waals surface area contributed by atoms with E-state index in [0.717, 1.165) is 32.1 Å². The molecule has 0 aromatic rings. The van der Waals surface area contributed by atoms with Crippen LogP contribution in [0.1, 0.15) is 46.0 Å². The summed E-state index contributed by atoms with van der Waals surface area (Å²) >= 11 is 0. The average Bonchev–Trinajstić information content (AvgIpc) is 2.08. The maximum Gasteiger partial charge on any atom is 0.0671 e. The molecular formula is C11H20O2. The fourth-order valence-corrected chi connectivity index (χ4v) is 3.35. The standard InChI is InChI=1S/C11H20O2/c1-10-5-3-6-11(2,9(10)13)8(12)4-7-10/h8-9,12-13H,3-7H2,1-2H3/t8-,9+,10-,11+/m0/s1. The van der Waals surface area contributed by atoms with Crippen LogP contribution in [0.5, 0.6) is 0 Å². The SMILES string of the molecule is C[C@@]12CCC[C@@](C)([C@@H]1O)[C@@H](O)CC2. The van der Waals surface area contributed by atoms with Crippen molar-refractivity contribution in [1.29, 1.82) is 0 Å². The van der Waals surface area contributed by atoms with E-state index in [9.17, 15) is 10.2 Å². The van der Waals surface area contributed by atoms with Gasteiger partial charge in [-0.25, -0.2) is 0 Å². The van der Waals surface area contributed by atoms with Crippen molar-refractivity contribution in [3.8, 4) is 0 Å². The van der Waals surface area contributed by atoms with Gasteiger partial charge in [0.1, 0.15) is 0 Å². The first-order valence-corrected chi connectivity index (χ1v) is 5.35. The Kier molecular flexibility index (Phi) is 1.97. The van der Waals surface area contributed by atoms with E-state index in [2.05, 4.69) is 6.92 Å². The quantitative estimate of drug-likeness (QED) is 0.601. The second kappa shape index (κ2) is 2.71. The van der Waals surface area contributed by atoms with Gasteiger partial charge in [0.25, 0.3) is 0 Å². The molecule has 0 spiro atoms. The highest BCUT2D eigenvalue weighted by Crippen LogP contribution is 2.55. The molecule has 2 heteroatoms. The van der Waals surface area contributed by atoms with Gasteiger partial charge in [-0.15, -0.1) is 0 Å². The van der Waals surface area contributed by atoms with Crippen molar-refractivity contribution in [2.75, 3.05) is 0 Å². The molecule has 4 atom stereocenters. The fourth-order valence-electron chi connectivity index (χ4n) is 3.35. The first-order valence-electron chi connectivity index (χ1n) is 5.35. The largest absolute Gasteiger partial charge is 0.392 e. The van der Waals surface area contributed by atoms with E-state index in [1.54, 1.807) is 0 Å². The van der Waals surface area contributed by atoms with Gasteiger partial charge < -0.3 is 10.2 Å². The third-order valence-electron chi connectivity index (χ3n) is 4.50. The van der Waals surface area contributed by atoms with Gasteiger partial charge in [0.05, 0.1) is 12.2 Å². The van der Waals surface area contributed by atoms with Crippen LogP contribution in [0.3, 0.4) is 0 Å². The summed E-state index contributed by atoms with van der Waals surface area (Å²) in [4.78, 5) is 0. The lowest BCUT2D eigenvalue weighted by Crippen LogP contribution is -2.57. The summed E-state index contributed by atoms with van der Waals surface area (Å²) in [5.41, 5.74) is -0.155. The minimum absolute atomic E-state index is 0.0756. The van der Waals surface area contributed by atoms with Crippen LogP contribution < -0.4 is 0 Å². The lowest BCUT2D eigenvalue weighted by Gasteiger charge is -2.55. The van der Waals surface area contributed by atoms with Gasteiger partial charge in [-0.2, -0.15) is 0 Å². The maximum absolute atomic E-state index is 10.2. The summed E-state index contributed by atoms with van der Waals surface area (Å²) in [6, 6.07) is 0. The molecule has 0 aliphatic heterocycles. The number of fused-ring (bicyclic) bond motifs is 2. The van der Waals surface area contributed by atoms with Gasteiger partial charge in [0.2, 0.25) is 0 Å². The Balaban J connectivity index is 2.31. The normalized spacial score (nSPS) is 56.3. The molecule has 2 bridgehead atoms. The third kappa shape index (κ3) is 1.15. The van der Waals surface area contributed by atoms with Gasteiger partial charge in [-0.05, 0) is 31.1 Å². The van der Waals surface area contributed by atoms with Gasteiger partial charge in [-0.1, -0.05) is 20.3 Å². The van der Waals surface area contributed by atoms with Crippen LogP contribution >= 0.6 is 0 Å². The first-order chi connectivity index (χ1) is 5.99. The smallest absolute Gasteiger partial charge is 0.0671 e. The van der Waals surface area contributed by atoms with Crippen LogP contribution in [-0.2, 0) is 0 Å². The van der Waals surface area contributed by atoms with Crippen molar-refractivity contribution in [2.45, 2.75) is 58.2 Å². The lowest BCUT2D eigenvalue weighted by atomic mass is 9.53. The van der Waals surface area contributed by atoms with Gasteiger partial charge >= 0.3 is 0 Å². The Morgan fingerprint density at radius 1 is 1.08 bits per heavy atom. The molecule has 0 aromatic carbocycles. The summed E-state index contributed by atoms with van der Waals surface area (Å²) in [5, 5.41) is 20.1. The van der Waals surface area contributed by atoms with E-state index in [1.165, 1.54) is 0 Å². The zero-order chi connectivity index (χ0) is 9.69. The van der Waals surface area contributed by atoms with Crippen LogP contribution in [0, 0.1) is 10.8 Å². The average molecular weight is 184 g/mol. The van der Waals surface area contributed by atoms with Crippen molar-refractivity contribution in [1.82, 2.24) is 0 Å². The monoisotopic (exact) mass is 184 g/mol. The highest BCUT2D eigenvalue weighted by atomic mass is 16.3. The van der Waals surface area contributed by atoms with Crippen LogP contribution in [0.25, 0.3) is 0 Å². The maximum atomic E-state index is 10.2. The summed E-state index contributed by atoms with van der Waals surface area (Å²) in [5.74, 6) is 0. The molecule has 2 aliphatic rings. The predicted molar refractivity (Wildman–Crippen MR) is 51.3 cm³/mol. The van der Waals surface area contributed by atoms with Crippen molar-refractivity contribution in [3.63, 3.8) is 0 Å². The van der Waals surface area contributed by atoms with E-state index < -0.39 is 0 Å². The third-order valence-corrected chi connectivity index (χ3v) is 4.50. The van der Waals surface area contributed by atoms with E-state index in [1.807, 2.05) is 6.92 Å². The number of aliphatic hydroxyl groups excluding tert-OH is 2. The van der Waals surface area contributed by atoms with Gasteiger partial charge in [-0.3, -0.25) is 0 Å². The van der Waals surface area contributed by atoms with Crippen molar-refractivity contribution in [2.24, 2.45) is 10.8 Å². The highest BCUT2D eigenvalue weighted by molar-refractivity contribution is 5.05. The van der Waals surface area contributed by atoms with Gasteiger partial charge in [0, 0.05) is 5.41 Å². The second-order valence-electron chi connectivity index (χ2n) is 5.47. The van der Waals surface area contributed by atoms with Crippen molar-refractivity contribution >= 4 is 0 Å². The summed E-state index contributed by atoms with van der Waals surface area (Å²) in [6.45, 7) is 4.21. The minimum atomic E-state index is -0.308. The van der Waals surface area contributed by atoms with Crippen LogP contribution in [0.4, 0.5) is 0 Å². The zero-order valence-electron chi connectivity index (χ0n) is 8.58.